The minimum atomic E-state index is 0.0764. The van der Waals surface area contributed by atoms with E-state index in [0.717, 1.165) is 38.7 Å². The molecule has 1 aromatic carbocycles. The van der Waals surface area contributed by atoms with E-state index >= 15 is 0 Å². The zero-order valence-corrected chi connectivity index (χ0v) is 18.9. The summed E-state index contributed by atoms with van der Waals surface area (Å²) in [6, 6.07) is 13.9. The number of aryl methyl sites for hydroxylation is 1. The number of hydrogen-bond acceptors (Lipinski definition) is 5. The second-order valence-corrected chi connectivity index (χ2v) is 9.21. The van der Waals surface area contributed by atoms with Crippen LogP contribution in [-0.4, -0.2) is 51.2 Å². The summed E-state index contributed by atoms with van der Waals surface area (Å²) in [7, 11) is 0. The summed E-state index contributed by atoms with van der Waals surface area (Å²) < 4.78 is 1.85. The van der Waals surface area contributed by atoms with Gasteiger partial charge in [0, 0.05) is 49.1 Å². The van der Waals surface area contributed by atoms with E-state index in [2.05, 4.69) is 21.9 Å². The molecule has 1 atom stereocenters. The average molecular weight is 452 g/mol. The van der Waals surface area contributed by atoms with E-state index in [-0.39, 0.29) is 11.9 Å². The first-order chi connectivity index (χ1) is 15.0. The number of halogens is 1. The van der Waals surface area contributed by atoms with E-state index in [4.69, 9.17) is 11.6 Å². The quantitative estimate of drug-likeness (QED) is 0.449. The number of hydrogen-bond donors (Lipinski definition) is 0. The first kappa shape index (κ1) is 20.0. The third-order valence-electron chi connectivity index (χ3n) is 5.75. The maximum atomic E-state index is 13.3. The van der Waals surface area contributed by atoms with Crippen LogP contribution in [0.25, 0.3) is 15.9 Å². The Hall–Kier alpha value is -2.90. The van der Waals surface area contributed by atoms with Crippen LogP contribution in [-0.2, 0) is 0 Å². The maximum absolute atomic E-state index is 13.3. The van der Waals surface area contributed by atoms with Crippen LogP contribution in [0.3, 0.4) is 0 Å². The summed E-state index contributed by atoms with van der Waals surface area (Å²) in [5.41, 5.74) is 2.86. The largest absolute Gasteiger partial charge is 0.365 e. The zero-order valence-electron chi connectivity index (χ0n) is 17.3. The summed E-state index contributed by atoms with van der Waals surface area (Å²) in [6.07, 6.45) is 3.61. The fourth-order valence-corrected chi connectivity index (χ4v) is 5.52. The van der Waals surface area contributed by atoms with Gasteiger partial charge in [0.05, 0.1) is 21.3 Å². The highest BCUT2D eigenvalue weighted by atomic mass is 35.5. The van der Waals surface area contributed by atoms with Crippen molar-refractivity contribution in [3.8, 4) is 5.69 Å². The highest BCUT2D eigenvalue weighted by molar-refractivity contribution is 7.20. The highest BCUT2D eigenvalue weighted by Crippen LogP contribution is 2.33. The van der Waals surface area contributed by atoms with Gasteiger partial charge >= 0.3 is 0 Å². The van der Waals surface area contributed by atoms with Crippen LogP contribution >= 0.6 is 22.9 Å². The van der Waals surface area contributed by atoms with Crippen molar-refractivity contribution in [3.05, 3.63) is 70.5 Å². The molecule has 0 spiro atoms. The number of fused-ring (bicyclic) bond motifs is 1. The Morgan fingerprint density at radius 1 is 1.16 bits per heavy atom. The van der Waals surface area contributed by atoms with Gasteiger partial charge in [0.25, 0.3) is 5.91 Å². The van der Waals surface area contributed by atoms with Crippen LogP contribution in [0.2, 0.25) is 5.02 Å². The van der Waals surface area contributed by atoms with Crippen LogP contribution < -0.4 is 4.90 Å². The first-order valence-electron chi connectivity index (χ1n) is 10.2. The topological polar surface area (TPSA) is 54.3 Å². The number of thiophene rings is 1. The Bertz CT molecular complexity index is 1250. The molecule has 0 radical (unpaired) electrons. The molecule has 0 aliphatic carbocycles. The lowest BCUT2D eigenvalue weighted by Crippen LogP contribution is -2.53. The number of aromatic nitrogens is 3. The molecule has 0 bridgehead atoms. The molecule has 1 aliphatic heterocycles. The summed E-state index contributed by atoms with van der Waals surface area (Å²) >= 11 is 7.88. The van der Waals surface area contributed by atoms with E-state index in [0.29, 0.717) is 18.1 Å². The zero-order chi connectivity index (χ0) is 21.5. The van der Waals surface area contributed by atoms with Gasteiger partial charge in [-0.25, -0.2) is 4.68 Å². The molecule has 5 rings (SSSR count). The molecule has 158 valence electrons. The molecule has 1 aliphatic rings. The van der Waals surface area contributed by atoms with Crippen molar-refractivity contribution >= 4 is 44.7 Å². The molecule has 4 aromatic rings. The van der Waals surface area contributed by atoms with Gasteiger partial charge in [-0.3, -0.25) is 9.78 Å². The number of amides is 1. The standard InChI is InChI=1S/C23H22ClN5OS/c1-15-14-27(11-12-28(15)17-7-9-25-10-8-17)22(30)21-13-18-16(2)26-29(23(18)31-21)20-6-4-3-5-19(20)24/h3-10,13,15H,11-12,14H2,1-2H3. The minimum absolute atomic E-state index is 0.0764. The SMILES string of the molecule is Cc1nn(-c2ccccc2Cl)c2sc(C(=O)N3CCN(c4ccncc4)C(C)C3)cc12. The second-order valence-electron chi connectivity index (χ2n) is 7.78. The molecular weight excluding hydrogens is 430 g/mol. The van der Waals surface area contributed by atoms with Crippen LogP contribution in [0, 0.1) is 6.92 Å². The van der Waals surface area contributed by atoms with Crippen LogP contribution in [0.5, 0.6) is 0 Å². The number of pyridine rings is 1. The molecule has 1 amide bonds. The number of carbonyl (C=O) groups excluding carboxylic acids is 1. The lowest BCUT2D eigenvalue weighted by atomic mass is 10.1. The number of piperazine rings is 1. The maximum Gasteiger partial charge on any atom is 0.264 e. The molecule has 8 heteroatoms. The van der Waals surface area contributed by atoms with Gasteiger partial charge in [-0.05, 0) is 44.2 Å². The summed E-state index contributed by atoms with van der Waals surface area (Å²) in [5.74, 6) is 0.0764. The van der Waals surface area contributed by atoms with Crippen molar-refractivity contribution in [1.82, 2.24) is 19.7 Å². The fraction of sp³-hybridized carbons (Fsp3) is 0.261. The number of benzene rings is 1. The molecule has 0 N–H and O–H groups in total. The number of nitrogens with zero attached hydrogens (tertiary/aromatic N) is 5. The molecule has 31 heavy (non-hydrogen) atoms. The molecule has 4 heterocycles. The monoisotopic (exact) mass is 451 g/mol. The fourth-order valence-electron chi connectivity index (χ4n) is 4.16. The average Bonchev–Trinajstić information content (AvgIpc) is 3.35. The first-order valence-corrected chi connectivity index (χ1v) is 11.4. The Morgan fingerprint density at radius 2 is 1.94 bits per heavy atom. The molecule has 1 fully saturated rings. The van der Waals surface area contributed by atoms with Gasteiger partial charge < -0.3 is 9.80 Å². The molecule has 1 unspecified atom stereocenters. The van der Waals surface area contributed by atoms with Gasteiger partial charge in [-0.2, -0.15) is 5.10 Å². The number of anilines is 1. The lowest BCUT2D eigenvalue weighted by molar-refractivity contribution is 0.0731. The van der Waals surface area contributed by atoms with Crippen LogP contribution in [0.1, 0.15) is 22.3 Å². The Kier molecular flexibility index (Phi) is 5.16. The Labute approximate surface area is 189 Å². The van der Waals surface area contributed by atoms with E-state index in [1.165, 1.54) is 11.3 Å². The third kappa shape index (κ3) is 3.58. The van der Waals surface area contributed by atoms with Crippen molar-refractivity contribution in [2.75, 3.05) is 24.5 Å². The van der Waals surface area contributed by atoms with Crippen molar-refractivity contribution in [1.29, 1.82) is 0 Å². The van der Waals surface area contributed by atoms with Crippen molar-refractivity contribution < 1.29 is 4.79 Å². The predicted molar refractivity (Wildman–Crippen MR) is 126 cm³/mol. The molecule has 1 saturated heterocycles. The van der Waals surface area contributed by atoms with E-state index in [1.54, 1.807) is 12.4 Å². The van der Waals surface area contributed by atoms with Gasteiger partial charge in [0.1, 0.15) is 4.83 Å². The van der Waals surface area contributed by atoms with E-state index in [9.17, 15) is 4.79 Å². The van der Waals surface area contributed by atoms with Gasteiger partial charge in [0.2, 0.25) is 0 Å². The predicted octanol–water partition coefficient (Wildman–Crippen LogP) is 4.79. The minimum Gasteiger partial charge on any atom is -0.365 e. The molecule has 0 saturated carbocycles. The molecule has 3 aromatic heterocycles. The van der Waals surface area contributed by atoms with E-state index < -0.39 is 0 Å². The summed E-state index contributed by atoms with van der Waals surface area (Å²) in [5, 5.41) is 6.29. The summed E-state index contributed by atoms with van der Waals surface area (Å²) in [4.78, 5) is 23.4. The van der Waals surface area contributed by atoms with Gasteiger partial charge in [-0.15, -0.1) is 11.3 Å². The van der Waals surface area contributed by atoms with Crippen molar-refractivity contribution in [2.24, 2.45) is 0 Å². The molecular formula is C23H22ClN5OS. The van der Waals surface area contributed by atoms with Crippen molar-refractivity contribution in [2.45, 2.75) is 19.9 Å². The van der Waals surface area contributed by atoms with Crippen LogP contribution in [0.15, 0.2) is 54.9 Å². The normalized spacial score (nSPS) is 16.8. The smallest absolute Gasteiger partial charge is 0.264 e. The highest BCUT2D eigenvalue weighted by Gasteiger charge is 2.29. The second kappa shape index (κ2) is 7.98. The Morgan fingerprint density at radius 3 is 2.68 bits per heavy atom. The Balaban J connectivity index is 1.41. The van der Waals surface area contributed by atoms with Gasteiger partial charge in [0.15, 0.2) is 0 Å². The number of rotatable bonds is 3. The van der Waals surface area contributed by atoms with Crippen molar-refractivity contribution in [3.63, 3.8) is 0 Å². The number of para-hydroxylation sites is 1. The third-order valence-corrected chi connectivity index (χ3v) is 7.16. The summed E-state index contributed by atoms with van der Waals surface area (Å²) in [6.45, 7) is 6.30. The lowest BCUT2D eigenvalue weighted by Gasteiger charge is -2.41. The van der Waals surface area contributed by atoms with Crippen LogP contribution in [0.4, 0.5) is 5.69 Å². The number of carbonyl (C=O) groups is 1. The molecule has 6 nitrogen and oxygen atoms in total. The van der Waals surface area contributed by atoms with E-state index in [1.807, 2.05) is 59.0 Å². The van der Waals surface area contributed by atoms with Gasteiger partial charge in [-0.1, -0.05) is 23.7 Å².